The number of rotatable bonds is 4. The summed E-state index contributed by atoms with van der Waals surface area (Å²) in [5.41, 5.74) is 2.58. The zero-order valence-electron chi connectivity index (χ0n) is 18.4. The van der Waals surface area contributed by atoms with Crippen LogP contribution in [-0.4, -0.2) is 46.8 Å². The fourth-order valence-corrected chi connectivity index (χ4v) is 4.49. The molecule has 8 nitrogen and oxygen atoms in total. The van der Waals surface area contributed by atoms with Crippen LogP contribution in [0.5, 0.6) is 11.5 Å². The highest BCUT2D eigenvalue weighted by molar-refractivity contribution is 5.94. The van der Waals surface area contributed by atoms with Crippen molar-refractivity contribution in [3.05, 3.63) is 58.9 Å². The van der Waals surface area contributed by atoms with Crippen molar-refractivity contribution >= 4 is 27.6 Å². The number of ether oxygens (including phenoxy) is 2. The molecule has 3 heterocycles. The zero-order chi connectivity index (χ0) is 22.2. The van der Waals surface area contributed by atoms with Crippen molar-refractivity contribution in [3.8, 4) is 11.5 Å². The first kappa shape index (κ1) is 20.2. The average molecular weight is 431 g/mol. The van der Waals surface area contributed by atoms with E-state index in [9.17, 15) is 4.79 Å². The van der Waals surface area contributed by atoms with Gasteiger partial charge in [0.05, 0.1) is 36.8 Å². The number of piperidine rings is 1. The van der Waals surface area contributed by atoms with E-state index in [2.05, 4.69) is 19.9 Å². The molecule has 0 radical (unpaired) electrons. The van der Waals surface area contributed by atoms with Crippen LogP contribution in [0.15, 0.2) is 47.8 Å². The van der Waals surface area contributed by atoms with Crippen LogP contribution in [-0.2, 0) is 0 Å². The predicted molar refractivity (Wildman–Crippen MR) is 124 cm³/mol. The monoisotopic (exact) mass is 431 g/mol. The Bertz CT molecular complexity index is 1360. The quantitative estimate of drug-likeness (QED) is 0.489. The van der Waals surface area contributed by atoms with Gasteiger partial charge in [0.1, 0.15) is 29.2 Å². The summed E-state index contributed by atoms with van der Waals surface area (Å²) in [6.45, 7) is 3.54. The third-order valence-corrected chi connectivity index (χ3v) is 6.21. The molecule has 0 bridgehead atoms. The van der Waals surface area contributed by atoms with Crippen LogP contribution in [0.4, 0.5) is 5.82 Å². The van der Waals surface area contributed by atoms with Crippen LogP contribution >= 0.6 is 0 Å². The Kier molecular flexibility index (Phi) is 5.13. The normalized spacial score (nSPS) is 14.8. The lowest BCUT2D eigenvalue weighted by Gasteiger charge is -2.34. The lowest BCUT2D eigenvalue weighted by Crippen LogP contribution is -2.38. The van der Waals surface area contributed by atoms with Gasteiger partial charge in [0.25, 0.3) is 5.56 Å². The van der Waals surface area contributed by atoms with Crippen LogP contribution in [0.2, 0.25) is 0 Å². The number of benzene rings is 2. The van der Waals surface area contributed by atoms with Gasteiger partial charge < -0.3 is 14.4 Å². The predicted octanol–water partition coefficient (Wildman–Crippen LogP) is 3.51. The maximum atomic E-state index is 13.1. The maximum absolute atomic E-state index is 13.1. The van der Waals surface area contributed by atoms with Gasteiger partial charge in [0, 0.05) is 25.2 Å². The molecule has 0 N–H and O–H groups in total. The Hall–Kier alpha value is -3.68. The van der Waals surface area contributed by atoms with Gasteiger partial charge in [-0.1, -0.05) is 11.6 Å². The van der Waals surface area contributed by atoms with Gasteiger partial charge in [-0.05, 0) is 38.0 Å². The molecule has 1 aliphatic heterocycles. The van der Waals surface area contributed by atoms with Crippen LogP contribution in [0.1, 0.15) is 24.4 Å². The fourth-order valence-electron chi connectivity index (χ4n) is 4.49. The lowest BCUT2D eigenvalue weighted by atomic mass is 10.0. The van der Waals surface area contributed by atoms with Gasteiger partial charge in [-0.3, -0.25) is 9.36 Å². The second-order valence-corrected chi connectivity index (χ2v) is 8.12. The highest BCUT2D eigenvalue weighted by Crippen LogP contribution is 2.35. The Morgan fingerprint density at radius 1 is 0.969 bits per heavy atom. The molecular weight excluding hydrogens is 406 g/mol. The van der Waals surface area contributed by atoms with E-state index in [4.69, 9.17) is 9.47 Å². The molecule has 4 aromatic rings. The van der Waals surface area contributed by atoms with E-state index in [1.54, 1.807) is 31.4 Å². The number of nitrogens with zero attached hydrogens (tertiary/aromatic N) is 5. The summed E-state index contributed by atoms with van der Waals surface area (Å²) in [5.74, 6) is 2.21. The van der Waals surface area contributed by atoms with Gasteiger partial charge in [0.15, 0.2) is 0 Å². The van der Waals surface area contributed by atoms with Crippen LogP contribution < -0.4 is 19.9 Å². The van der Waals surface area contributed by atoms with E-state index in [1.165, 1.54) is 0 Å². The van der Waals surface area contributed by atoms with Crippen molar-refractivity contribution in [1.29, 1.82) is 0 Å². The zero-order valence-corrected chi connectivity index (χ0v) is 18.4. The van der Waals surface area contributed by atoms with Crippen LogP contribution in [0, 0.1) is 6.92 Å². The van der Waals surface area contributed by atoms with E-state index in [-0.39, 0.29) is 11.6 Å². The minimum absolute atomic E-state index is 0.0270. The summed E-state index contributed by atoms with van der Waals surface area (Å²) in [6, 6.07) is 9.68. The van der Waals surface area contributed by atoms with Gasteiger partial charge in [0.2, 0.25) is 0 Å². The molecule has 0 spiro atoms. The topological polar surface area (TPSA) is 82.4 Å². The Labute approximate surface area is 185 Å². The molecule has 0 aliphatic carbocycles. The molecule has 164 valence electrons. The highest BCUT2D eigenvalue weighted by Gasteiger charge is 2.25. The van der Waals surface area contributed by atoms with Crippen LogP contribution in [0.25, 0.3) is 21.8 Å². The SMILES string of the molecule is COc1cc(OC)c2ncnc(N3CCC(n4cnc5ccc(C)cc5c4=O)CC3)c2c1. The minimum atomic E-state index is 0.0270. The van der Waals surface area contributed by atoms with Gasteiger partial charge in [-0.15, -0.1) is 0 Å². The molecule has 8 heteroatoms. The van der Waals surface area contributed by atoms with Gasteiger partial charge in [-0.2, -0.15) is 0 Å². The van der Waals surface area contributed by atoms with Crippen molar-refractivity contribution in [3.63, 3.8) is 0 Å². The van der Waals surface area contributed by atoms with E-state index < -0.39 is 0 Å². The summed E-state index contributed by atoms with van der Waals surface area (Å²) in [5, 5.41) is 1.57. The molecule has 1 aliphatic rings. The molecule has 2 aromatic heterocycles. The second-order valence-electron chi connectivity index (χ2n) is 8.12. The fraction of sp³-hybridized carbons (Fsp3) is 0.333. The first-order valence-corrected chi connectivity index (χ1v) is 10.7. The summed E-state index contributed by atoms with van der Waals surface area (Å²) in [6.07, 6.45) is 4.91. The van der Waals surface area contributed by atoms with E-state index in [1.807, 2.05) is 37.3 Å². The summed E-state index contributed by atoms with van der Waals surface area (Å²) < 4.78 is 12.7. The molecule has 0 atom stereocenters. The number of hydrogen-bond acceptors (Lipinski definition) is 7. The lowest BCUT2D eigenvalue weighted by molar-refractivity contribution is 0.385. The van der Waals surface area contributed by atoms with Gasteiger partial charge >= 0.3 is 0 Å². The average Bonchev–Trinajstić information content (AvgIpc) is 2.83. The third-order valence-electron chi connectivity index (χ3n) is 6.21. The molecule has 0 amide bonds. The summed E-state index contributed by atoms with van der Waals surface area (Å²) >= 11 is 0. The van der Waals surface area contributed by atoms with E-state index in [0.717, 1.165) is 53.7 Å². The van der Waals surface area contributed by atoms with Crippen molar-refractivity contribution in [2.45, 2.75) is 25.8 Å². The first-order chi connectivity index (χ1) is 15.6. The van der Waals surface area contributed by atoms with Crippen molar-refractivity contribution < 1.29 is 9.47 Å². The Morgan fingerprint density at radius 3 is 2.53 bits per heavy atom. The smallest absolute Gasteiger partial charge is 0.261 e. The standard InChI is InChI=1S/C24H25N5O3/c1-15-4-5-20-18(10-15)24(30)29(14-27-20)16-6-8-28(9-7-16)23-19-11-17(31-2)12-21(32-3)22(19)25-13-26-23/h4-5,10-14,16H,6-9H2,1-3H3. The molecule has 5 rings (SSSR count). The van der Waals surface area contributed by atoms with E-state index in [0.29, 0.717) is 16.9 Å². The highest BCUT2D eigenvalue weighted by atomic mass is 16.5. The van der Waals surface area contributed by atoms with Gasteiger partial charge in [-0.25, -0.2) is 15.0 Å². The number of methoxy groups -OCH3 is 2. The molecule has 1 saturated heterocycles. The second kappa shape index (κ2) is 8.11. The number of fused-ring (bicyclic) bond motifs is 2. The molecule has 0 saturated carbocycles. The molecule has 32 heavy (non-hydrogen) atoms. The van der Waals surface area contributed by atoms with E-state index >= 15 is 0 Å². The van der Waals surface area contributed by atoms with Crippen molar-refractivity contribution in [2.75, 3.05) is 32.2 Å². The Balaban J connectivity index is 1.44. The molecular formula is C24H25N5O3. The molecule has 1 fully saturated rings. The largest absolute Gasteiger partial charge is 0.497 e. The molecule has 0 unspecified atom stereocenters. The van der Waals surface area contributed by atoms with Crippen molar-refractivity contribution in [2.24, 2.45) is 0 Å². The van der Waals surface area contributed by atoms with Crippen LogP contribution in [0.3, 0.4) is 0 Å². The number of aryl methyl sites for hydroxylation is 1. The number of aromatic nitrogens is 4. The minimum Gasteiger partial charge on any atom is -0.497 e. The maximum Gasteiger partial charge on any atom is 0.261 e. The summed E-state index contributed by atoms with van der Waals surface area (Å²) in [4.78, 5) is 28.9. The third kappa shape index (κ3) is 3.41. The number of anilines is 1. The number of hydrogen-bond donors (Lipinski definition) is 0. The summed E-state index contributed by atoms with van der Waals surface area (Å²) in [7, 11) is 3.25. The van der Waals surface area contributed by atoms with Crippen molar-refractivity contribution in [1.82, 2.24) is 19.5 Å². The Morgan fingerprint density at radius 2 is 1.78 bits per heavy atom. The first-order valence-electron chi connectivity index (χ1n) is 10.7. The molecule has 2 aromatic carbocycles.